The minimum absolute atomic E-state index is 0. The van der Waals surface area contributed by atoms with E-state index in [4.69, 9.17) is 9.73 Å². The maximum Gasteiger partial charge on any atom is 0.219 e. The highest BCUT2D eigenvalue weighted by atomic mass is 127. The monoisotopic (exact) mass is 484 g/mol. The summed E-state index contributed by atoms with van der Waals surface area (Å²) in [4.78, 5) is 18.2. The van der Waals surface area contributed by atoms with Gasteiger partial charge in [0.25, 0.3) is 0 Å². The summed E-state index contributed by atoms with van der Waals surface area (Å²) in [5.41, 5.74) is 0. The van der Waals surface area contributed by atoms with Crippen LogP contribution in [0.15, 0.2) is 4.99 Å². The smallest absolute Gasteiger partial charge is 0.219 e. The Morgan fingerprint density at radius 1 is 1.32 bits per heavy atom. The van der Waals surface area contributed by atoms with Crippen molar-refractivity contribution in [3.05, 3.63) is 0 Å². The molecular weight excluding hydrogens is 451 g/mol. The van der Waals surface area contributed by atoms with Crippen molar-refractivity contribution in [2.45, 2.75) is 50.3 Å². The van der Waals surface area contributed by atoms with Crippen LogP contribution >= 0.6 is 35.7 Å². The lowest BCUT2D eigenvalue weighted by Crippen LogP contribution is -2.50. The number of rotatable bonds is 5. The molecule has 0 spiro atoms. The van der Waals surface area contributed by atoms with E-state index in [1.165, 1.54) is 0 Å². The van der Waals surface area contributed by atoms with Crippen molar-refractivity contribution in [2.24, 2.45) is 4.99 Å². The molecular formula is C17H33IN4O2S. The molecule has 0 aliphatic carbocycles. The van der Waals surface area contributed by atoms with Gasteiger partial charge in [-0.05, 0) is 38.9 Å². The SMILES string of the molecule is CCNC(=NCC1(SC)CCOCC1)NC1CCN(C(C)=O)CC1.I. The third-order valence-electron chi connectivity index (χ3n) is 4.99. The number of nitrogens with zero attached hydrogens (tertiary/aromatic N) is 2. The third-order valence-corrected chi connectivity index (χ3v) is 6.39. The van der Waals surface area contributed by atoms with Crippen LogP contribution in [0.4, 0.5) is 0 Å². The van der Waals surface area contributed by atoms with Crippen molar-refractivity contribution in [1.29, 1.82) is 0 Å². The number of aliphatic imine (C=N–C) groups is 1. The Kier molecular flexibility index (Phi) is 10.5. The molecule has 0 atom stereocenters. The topological polar surface area (TPSA) is 66.0 Å². The van der Waals surface area contributed by atoms with E-state index in [-0.39, 0.29) is 34.6 Å². The number of halogens is 1. The quantitative estimate of drug-likeness (QED) is 0.356. The molecule has 0 aromatic heterocycles. The van der Waals surface area contributed by atoms with E-state index in [2.05, 4.69) is 23.8 Å². The lowest BCUT2D eigenvalue weighted by Gasteiger charge is -2.35. The predicted octanol–water partition coefficient (Wildman–Crippen LogP) is 2.08. The molecule has 2 aliphatic heterocycles. The zero-order valence-corrected chi connectivity index (χ0v) is 18.8. The molecule has 0 aromatic rings. The lowest BCUT2D eigenvalue weighted by molar-refractivity contribution is -0.129. The Morgan fingerprint density at radius 3 is 2.48 bits per heavy atom. The van der Waals surface area contributed by atoms with Crippen LogP contribution in [0, 0.1) is 0 Å². The van der Waals surface area contributed by atoms with Crippen LogP contribution in [-0.4, -0.2) is 73.2 Å². The maximum atomic E-state index is 11.4. The van der Waals surface area contributed by atoms with Gasteiger partial charge in [-0.15, -0.1) is 24.0 Å². The van der Waals surface area contributed by atoms with E-state index < -0.39 is 0 Å². The Balaban J connectivity index is 0.00000312. The molecule has 0 saturated carbocycles. The van der Waals surface area contributed by atoms with Gasteiger partial charge < -0.3 is 20.3 Å². The van der Waals surface area contributed by atoms with Gasteiger partial charge >= 0.3 is 0 Å². The molecule has 2 heterocycles. The van der Waals surface area contributed by atoms with Gasteiger partial charge in [-0.25, -0.2) is 0 Å². The van der Waals surface area contributed by atoms with Crippen molar-refractivity contribution in [1.82, 2.24) is 15.5 Å². The average Bonchev–Trinajstić information content (AvgIpc) is 2.61. The minimum Gasteiger partial charge on any atom is -0.381 e. The fourth-order valence-corrected chi connectivity index (χ4v) is 4.01. The van der Waals surface area contributed by atoms with Crippen LogP contribution in [0.2, 0.25) is 0 Å². The number of hydrogen-bond donors (Lipinski definition) is 2. The summed E-state index contributed by atoms with van der Waals surface area (Å²) >= 11 is 1.92. The predicted molar refractivity (Wildman–Crippen MR) is 116 cm³/mol. The first kappa shape index (κ1) is 22.8. The molecule has 2 N–H and O–H groups in total. The molecule has 6 nitrogen and oxygen atoms in total. The number of carbonyl (C=O) groups excluding carboxylic acids is 1. The van der Waals surface area contributed by atoms with Crippen molar-refractivity contribution in [3.63, 3.8) is 0 Å². The van der Waals surface area contributed by atoms with E-state index in [0.717, 1.165) is 71.0 Å². The van der Waals surface area contributed by atoms with Crippen molar-refractivity contribution in [2.75, 3.05) is 45.6 Å². The van der Waals surface area contributed by atoms with Crippen molar-refractivity contribution in [3.8, 4) is 0 Å². The summed E-state index contributed by atoms with van der Waals surface area (Å²) in [6.07, 6.45) is 6.26. The number of piperidine rings is 1. The van der Waals surface area contributed by atoms with Crippen LogP contribution < -0.4 is 10.6 Å². The van der Waals surface area contributed by atoms with Gasteiger partial charge in [0.05, 0.1) is 6.54 Å². The Hall–Kier alpha value is -0.220. The molecule has 25 heavy (non-hydrogen) atoms. The van der Waals surface area contributed by atoms with E-state index in [9.17, 15) is 4.79 Å². The van der Waals surface area contributed by atoms with Crippen LogP contribution in [0.25, 0.3) is 0 Å². The summed E-state index contributed by atoms with van der Waals surface area (Å²) in [6, 6.07) is 0.387. The van der Waals surface area contributed by atoms with E-state index >= 15 is 0 Å². The zero-order chi connectivity index (χ0) is 17.4. The van der Waals surface area contributed by atoms with Crippen molar-refractivity contribution < 1.29 is 9.53 Å². The first-order chi connectivity index (χ1) is 11.6. The highest BCUT2D eigenvalue weighted by molar-refractivity contribution is 14.0. The number of guanidine groups is 1. The fourth-order valence-electron chi connectivity index (χ4n) is 3.25. The fraction of sp³-hybridized carbons (Fsp3) is 0.882. The van der Waals surface area contributed by atoms with Crippen molar-refractivity contribution >= 4 is 47.6 Å². The summed E-state index contributed by atoms with van der Waals surface area (Å²) in [7, 11) is 0. The number of thioether (sulfide) groups is 1. The minimum atomic E-state index is 0. The molecule has 0 bridgehead atoms. The van der Waals surface area contributed by atoms with E-state index in [1.807, 2.05) is 16.7 Å². The second kappa shape index (κ2) is 11.5. The largest absolute Gasteiger partial charge is 0.381 e. The molecule has 2 aliphatic rings. The van der Waals surface area contributed by atoms with Gasteiger partial charge in [0.2, 0.25) is 5.91 Å². The first-order valence-corrected chi connectivity index (χ1v) is 10.2. The van der Waals surface area contributed by atoms with Gasteiger partial charge in [-0.3, -0.25) is 9.79 Å². The van der Waals surface area contributed by atoms with E-state index in [0.29, 0.717) is 6.04 Å². The van der Waals surface area contributed by atoms with Gasteiger partial charge in [-0.2, -0.15) is 11.8 Å². The number of amides is 1. The first-order valence-electron chi connectivity index (χ1n) is 9.02. The number of nitrogens with one attached hydrogen (secondary N) is 2. The van der Waals surface area contributed by atoms with Gasteiger partial charge in [0.15, 0.2) is 5.96 Å². The second-order valence-corrected chi connectivity index (χ2v) is 7.89. The second-order valence-electron chi connectivity index (χ2n) is 6.62. The number of likely N-dealkylation sites (tertiary alicyclic amines) is 1. The van der Waals surface area contributed by atoms with Gasteiger partial charge in [0, 0.05) is 50.6 Å². The molecule has 2 rings (SSSR count). The molecule has 1 amide bonds. The number of ether oxygens (including phenoxy) is 1. The molecule has 0 aromatic carbocycles. The standard InChI is InChI=1S/C17H32N4O2S.HI/c1-4-18-16(19-13-17(24-3)7-11-23-12-8-17)20-15-5-9-21(10-6-15)14(2)22;/h15H,4-13H2,1-3H3,(H2,18,19,20);1H. The molecule has 0 unspecified atom stereocenters. The summed E-state index contributed by atoms with van der Waals surface area (Å²) in [5.74, 6) is 1.08. The van der Waals surface area contributed by atoms with E-state index in [1.54, 1.807) is 6.92 Å². The van der Waals surface area contributed by atoms with Gasteiger partial charge in [0.1, 0.15) is 0 Å². The maximum absolute atomic E-state index is 11.4. The number of hydrogen-bond acceptors (Lipinski definition) is 4. The highest BCUT2D eigenvalue weighted by Gasteiger charge is 2.31. The molecule has 2 fully saturated rings. The van der Waals surface area contributed by atoms with Crippen LogP contribution in [0.1, 0.15) is 39.5 Å². The number of carbonyl (C=O) groups is 1. The van der Waals surface area contributed by atoms with Crippen LogP contribution in [0.3, 0.4) is 0 Å². The molecule has 2 saturated heterocycles. The van der Waals surface area contributed by atoms with Crippen LogP contribution in [0.5, 0.6) is 0 Å². The normalized spacial score (nSPS) is 21.4. The average molecular weight is 484 g/mol. The lowest BCUT2D eigenvalue weighted by atomic mass is 9.99. The Bertz CT molecular complexity index is 436. The van der Waals surface area contributed by atoms with Gasteiger partial charge in [-0.1, -0.05) is 0 Å². The Morgan fingerprint density at radius 2 is 1.96 bits per heavy atom. The molecule has 8 heteroatoms. The Labute approximate surface area is 173 Å². The highest BCUT2D eigenvalue weighted by Crippen LogP contribution is 2.33. The van der Waals surface area contributed by atoms with Crippen LogP contribution in [-0.2, 0) is 9.53 Å². The molecule has 0 radical (unpaired) electrons. The zero-order valence-electron chi connectivity index (χ0n) is 15.7. The molecule has 146 valence electrons. The third kappa shape index (κ3) is 7.13. The summed E-state index contributed by atoms with van der Waals surface area (Å²) in [5, 5.41) is 6.92. The summed E-state index contributed by atoms with van der Waals surface area (Å²) < 4.78 is 5.71. The summed E-state index contributed by atoms with van der Waals surface area (Å²) in [6.45, 7) is 8.75.